The van der Waals surface area contributed by atoms with Crippen molar-refractivity contribution in [2.45, 2.75) is 19.2 Å². The zero-order chi connectivity index (χ0) is 9.84. The predicted molar refractivity (Wildman–Crippen MR) is 57.6 cm³/mol. The summed E-state index contributed by atoms with van der Waals surface area (Å²) >= 11 is 7.41. The summed E-state index contributed by atoms with van der Waals surface area (Å²) in [6.07, 6.45) is 3.81. The molecular weight excluding hydrogens is 206 g/mol. The van der Waals surface area contributed by atoms with E-state index in [-0.39, 0.29) is 5.38 Å². The number of allylic oxidation sites excluding steroid dienone is 1. The molecule has 0 fully saturated rings. The van der Waals surface area contributed by atoms with E-state index in [1.54, 1.807) is 13.3 Å². The van der Waals surface area contributed by atoms with E-state index in [1.165, 1.54) is 11.3 Å². The maximum absolute atomic E-state index is 5.90. The fraction of sp³-hybridized carbons (Fsp3) is 0.444. The number of aromatic nitrogens is 1. The Hall–Kier alpha value is -0.540. The second kappa shape index (κ2) is 4.63. The van der Waals surface area contributed by atoms with Gasteiger partial charge < -0.3 is 4.74 Å². The Morgan fingerprint density at radius 1 is 1.77 bits per heavy atom. The van der Waals surface area contributed by atoms with Crippen molar-refractivity contribution in [3.63, 3.8) is 0 Å². The van der Waals surface area contributed by atoms with Crippen molar-refractivity contribution in [3.05, 3.63) is 16.6 Å². The largest absolute Gasteiger partial charge is 0.473 e. The smallest absolute Gasteiger partial charge is 0.273 e. The summed E-state index contributed by atoms with van der Waals surface area (Å²) in [4.78, 5) is 5.13. The number of halogens is 1. The van der Waals surface area contributed by atoms with Crippen LogP contribution < -0.4 is 4.74 Å². The van der Waals surface area contributed by atoms with Gasteiger partial charge in [-0.25, -0.2) is 4.98 Å². The molecule has 0 aliphatic heterocycles. The normalized spacial score (nSPS) is 14.3. The van der Waals surface area contributed by atoms with Gasteiger partial charge in [-0.3, -0.25) is 0 Å². The quantitative estimate of drug-likeness (QED) is 0.726. The number of alkyl halides is 1. The Labute approximate surface area is 87.2 Å². The topological polar surface area (TPSA) is 22.1 Å². The first-order valence-electron chi connectivity index (χ1n) is 3.95. The minimum Gasteiger partial charge on any atom is -0.473 e. The first-order valence-corrected chi connectivity index (χ1v) is 5.21. The summed E-state index contributed by atoms with van der Waals surface area (Å²) in [5.41, 5.74) is 1.13. The van der Waals surface area contributed by atoms with Crippen LogP contribution in [-0.2, 0) is 0 Å². The van der Waals surface area contributed by atoms with Crippen molar-refractivity contribution in [2.24, 2.45) is 0 Å². The molecule has 2 nitrogen and oxygen atoms in total. The molecule has 0 radical (unpaired) electrons. The third-order valence-electron chi connectivity index (χ3n) is 1.67. The summed E-state index contributed by atoms with van der Waals surface area (Å²) in [7, 11) is 1.61. The fourth-order valence-electron chi connectivity index (χ4n) is 0.770. The van der Waals surface area contributed by atoms with E-state index < -0.39 is 0 Å². The van der Waals surface area contributed by atoms with E-state index in [2.05, 4.69) is 4.98 Å². The highest BCUT2D eigenvalue weighted by Crippen LogP contribution is 2.23. The molecule has 0 saturated heterocycles. The number of thiazole rings is 1. The van der Waals surface area contributed by atoms with Crippen molar-refractivity contribution in [3.8, 4) is 5.19 Å². The molecule has 4 heteroatoms. The molecule has 1 aromatic heterocycles. The van der Waals surface area contributed by atoms with Crippen molar-refractivity contribution in [1.29, 1.82) is 0 Å². The Bertz CT molecular complexity index is 306. The molecule has 1 atom stereocenters. The van der Waals surface area contributed by atoms with Crippen LogP contribution in [-0.4, -0.2) is 17.5 Å². The number of hydrogen-bond donors (Lipinski definition) is 0. The Kier molecular flexibility index (Phi) is 3.75. The maximum Gasteiger partial charge on any atom is 0.273 e. The average molecular weight is 218 g/mol. The lowest BCUT2D eigenvalue weighted by Gasteiger charge is -2.00. The summed E-state index contributed by atoms with van der Waals surface area (Å²) < 4.78 is 4.98. The highest BCUT2D eigenvalue weighted by molar-refractivity contribution is 7.14. The van der Waals surface area contributed by atoms with Gasteiger partial charge in [-0.05, 0) is 19.9 Å². The van der Waals surface area contributed by atoms with E-state index in [9.17, 15) is 0 Å². The summed E-state index contributed by atoms with van der Waals surface area (Å²) in [5, 5.41) is 0.745. The Morgan fingerprint density at radius 2 is 2.46 bits per heavy atom. The van der Waals surface area contributed by atoms with E-state index in [1.807, 2.05) is 19.9 Å². The van der Waals surface area contributed by atoms with Gasteiger partial charge in [-0.2, -0.15) is 0 Å². The lowest BCUT2D eigenvalue weighted by molar-refractivity contribution is 0.412. The van der Waals surface area contributed by atoms with Gasteiger partial charge in [-0.15, -0.1) is 11.6 Å². The second-order valence-corrected chi connectivity index (χ2v) is 4.42. The lowest BCUT2D eigenvalue weighted by Crippen LogP contribution is -1.90. The molecule has 1 unspecified atom stereocenters. The molecule has 1 aromatic rings. The van der Waals surface area contributed by atoms with Crippen LogP contribution in [0, 0.1) is 0 Å². The van der Waals surface area contributed by atoms with Crippen LogP contribution in [0.2, 0.25) is 0 Å². The molecule has 13 heavy (non-hydrogen) atoms. The first-order chi connectivity index (χ1) is 6.13. The maximum atomic E-state index is 5.90. The highest BCUT2D eigenvalue weighted by atomic mass is 35.5. The van der Waals surface area contributed by atoms with Crippen LogP contribution >= 0.6 is 22.9 Å². The number of ether oxygens (including phenoxy) is 1. The van der Waals surface area contributed by atoms with Crippen molar-refractivity contribution in [2.75, 3.05) is 7.11 Å². The van der Waals surface area contributed by atoms with E-state index in [0.717, 1.165) is 10.5 Å². The third kappa shape index (κ3) is 3.01. The molecule has 1 rings (SSSR count). The second-order valence-electron chi connectivity index (χ2n) is 2.74. The van der Waals surface area contributed by atoms with Gasteiger partial charge in [0.1, 0.15) is 0 Å². The van der Waals surface area contributed by atoms with Gasteiger partial charge in [0.25, 0.3) is 5.19 Å². The molecule has 0 aliphatic rings. The molecule has 72 valence electrons. The number of rotatable bonds is 3. The molecule has 0 amide bonds. The van der Waals surface area contributed by atoms with E-state index in [4.69, 9.17) is 16.3 Å². The molecule has 0 spiro atoms. The molecule has 0 aliphatic carbocycles. The minimum atomic E-state index is 0.0631. The fourth-order valence-corrected chi connectivity index (χ4v) is 1.57. The van der Waals surface area contributed by atoms with Gasteiger partial charge in [0.15, 0.2) is 0 Å². The van der Waals surface area contributed by atoms with Gasteiger partial charge in [0.2, 0.25) is 0 Å². The van der Waals surface area contributed by atoms with E-state index >= 15 is 0 Å². The first kappa shape index (κ1) is 10.5. The SMILES string of the molecule is COc1ncc(/C=C(/C)C(C)Cl)s1. The van der Waals surface area contributed by atoms with Crippen LogP contribution in [0.4, 0.5) is 0 Å². The molecule has 1 heterocycles. The standard InChI is InChI=1S/C9H12ClNOS/c1-6(7(2)10)4-8-5-11-9(12-3)13-8/h4-5,7H,1-3H3/b6-4-. The number of methoxy groups -OCH3 is 1. The van der Waals surface area contributed by atoms with Crippen LogP contribution in [0.3, 0.4) is 0 Å². The minimum absolute atomic E-state index is 0.0631. The zero-order valence-corrected chi connectivity index (χ0v) is 9.45. The molecule has 0 bridgehead atoms. The van der Waals surface area contributed by atoms with Crippen molar-refractivity contribution in [1.82, 2.24) is 4.98 Å². The van der Waals surface area contributed by atoms with Crippen LogP contribution in [0.25, 0.3) is 6.08 Å². The van der Waals surface area contributed by atoms with Gasteiger partial charge in [-0.1, -0.05) is 16.9 Å². The molecule has 0 saturated carbocycles. The van der Waals surface area contributed by atoms with Crippen LogP contribution in [0.5, 0.6) is 5.19 Å². The average Bonchev–Trinajstić information content (AvgIpc) is 2.52. The zero-order valence-electron chi connectivity index (χ0n) is 7.87. The van der Waals surface area contributed by atoms with Crippen molar-refractivity contribution >= 4 is 29.0 Å². The van der Waals surface area contributed by atoms with Gasteiger partial charge >= 0.3 is 0 Å². The summed E-state index contributed by atoms with van der Waals surface area (Å²) in [5.74, 6) is 0. The monoisotopic (exact) mass is 217 g/mol. The van der Waals surface area contributed by atoms with Crippen molar-refractivity contribution < 1.29 is 4.74 Å². The summed E-state index contributed by atoms with van der Waals surface area (Å²) in [6, 6.07) is 0. The molecule has 0 N–H and O–H groups in total. The molecular formula is C9H12ClNOS. The molecule has 0 aromatic carbocycles. The third-order valence-corrected chi connectivity index (χ3v) is 2.92. The highest BCUT2D eigenvalue weighted by Gasteiger charge is 2.02. The Balaban J connectivity index is 2.79. The summed E-state index contributed by atoms with van der Waals surface area (Å²) in [6.45, 7) is 3.95. The number of hydrogen-bond acceptors (Lipinski definition) is 3. The van der Waals surface area contributed by atoms with E-state index in [0.29, 0.717) is 5.19 Å². The van der Waals surface area contributed by atoms with Gasteiger partial charge in [0, 0.05) is 6.20 Å². The lowest BCUT2D eigenvalue weighted by atomic mass is 10.2. The van der Waals surface area contributed by atoms with Crippen LogP contribution in [0.15, 0.2) is 11.8 Å². The van der Waals surface area contributed by atoms with Crippen LogP contribution in [0.1, 0.15) is 18.7 Å². The Morgan fingerprint density at radius 3 is 2.92 bits per heavy atom. The number of nitrogens with zero attached hydrogens (tertiary/aromatic N) is 1. The predicted octanol–water partition coefficient (Wildman–Crippen LogP) is 3.18. The van der Waals surface area contributed by atoms with Gasteiger partial charge in [0.05, 0.1) is 17.4 Å².